The van der Waals surface area contributed by atoms with E-state index < -0.39 is 39.1 Å². The van der Waals surface area contributed by atoms with Crippen LogP contribution in [0.25, 0.3) is 5.65 Å². The highest BCUT2D eigenvalue weighted by Gasteiger charge is 2.42. The molecule has 0 aliphatic heterocycles. The van der Waals surface area contributed by atoms with E-state index in [0.717, 1.165) is 12.1 Å². The van der Waals surface area contributed by atoms with Gasteiger partial charge in [0.2, 0.25) is 0 Å². The summed E-state index contributed by atoms with van der Waals surface area (Å²) in [6.07, 6.45) is -4.85. The summed E-state index contributed by atoms with van der Waals surface area (Å²) in [5.41, 5.74) is -2.87. The van der Waals surface area contributed by atoms with Crippen molar-refractivity contribution in [3.05, 3.63) is 52.8 Å². The number of carbonyl (C=O) groups excluding carboxylic acids is 1. The van der Waals surface area contributed by atoms with Gasteiger partial charge in [-0.1, -0.05) is 30.7 Å². The van der Waals surface area contributed by atoms with Gasteiger partial charge >= 0.3 is 6.18 Å². The molecule has 0 saturated heterocycles. The summed E-state index contributed by atoms with van der Waals surface area (Å²) in [5.74, 6) is -4.33. The van der Waals surface area contributed by atoms with Crippen LogP contribution in [-0.4, -0.2) is 50.7 Å². The number of fused-ring (bicyclic) bond motifs is 1. The fourth-order valence-electron chi connectivity index (χ4n) is 2.68. The lowest BCUT2D eigenvalue weighted by Crippen LogP contribution is -2.46. The van der Waals surface area contributed by atoms with Crippen molar-refractivity contribution in [1.29, 1.82) is 0 Å². The number of hydrogen-bond acceptors (Lipinski definition) is 7. The molecule has 31 heavy (non-hydrogen) atoms. The molecule has 2 N–H and O–H groups in total. The minimum atomic E-state index is -4.85. The predicted molar refractivity (Wildman–Crippen MR) is 104 cm³/mol. The zero-order valence-corrected chi connectivity index (χ0v) is 17.3. The van der Waals surface area contributed by atoms with E-state index in [2.05, 4.69) is 20.6 Å². The molecule has 2 aromatic heterocycles. The van der Waals surface area contributed by atoms with Gasteiger partial charge in [-0.3, -0.25) is 4.79 Å². The van der Waals surface area contributed by atoms with Crippen LogP contribution in [-0.2, 0) is 26.4 Å². The third kappa shape index (κ3) is 4.78. The first-order valence-corrected chi connectivity index (χ1v) is 10.9. The number of hydrogen-bond donors (Lipinski definition) is 2. The van der Waals surface area contributed by atoms with E-state index in [9.17, 15) is 31.5 Å². The van der Waals surface area contributed by atoms with Crippen LogP contribution < -0.4 is 5.32 Å². The minimum Gasteiger partial charge on any atom is -0.374 e. The monoisotopic (exact) mass is 477 g/mol. The maximum atomic E-state index is 13.0. The van der Waals surface area contributed by atoms with Gasteiger partial charge in [-0.15, -0.1) is 15.3 Å². The van der Waals surface area contributed by atoms with Crippen molar-refractivity contribution in [2.75, 3.05) is 16.8 Å². The van der Waals surface area contributed by atoms with Gasteiger partial charge < -0.3 is 10.4 Å². The lowest BCUT2D eigenvalue weighted by atomic mass is 9.95. The van der Waals surface area contributed by atoms with Crippen molar-refractivity contribution in [2.45, 2.75) is 18.7 Å². The Morgan fingerprint density at radius 2 is 1.81 bits per heavy atom. The Hall–Kier alpha value is -2.77. The number of anilines is 1. The van der Waals surface area contributed by atoms with Crippen molar-refractivity contribution in [2.24, 2.45) is 0 Å². The molecule has 0 fully saturated rings. The van der Waals surface area contributed by atoms with Crippen LogP contribution in [0.2, 0.25) is 5.02 Å². The number of rotatable bonds is 6. The Balaban J connectivity index is 2.01. The molecule has 2 heterocycles. The smallest absolute Gasteiger partial charge is 0.374 e. The highest BCUT2D eigenvalue weighted by atomic mass is 35.5. The molecule has 14 heteroatoms. The second-order valence-corrected chi connectivity index (χ2v) is 9.30. The number of nitrogens with one attached hydrogen (secondary N) is 1. The average molecular weight is 478 g/mol. The number of carbonyl (C=O) groups is 1. The highest BCUT2D eigenvalue weighted by molar-refractivity contribution is 7.91. The summed E-state index contributed by atoms with van der Waals surface area (Å²) in [4.78, 5) is 12.9. The van der Waals surface area contributed by atoms with Gasteiger partial charge in [-0.25, -0.2) is 8.42 Å². The second-order valence-electron chi connectivity index (χ2n) is 6.51. The summed E-state index contributed by atoms with van der Waals surface area (Å²) in [5, 5.41) is 23.5. The Bertz CT molecular complexity index is 1230. The first-order chi connectivity index (χ1) is 14.4. The number of benzene rings is 1. The number of nitrogens with zero attached hydrogens (tertiary/aromatic N) is 4. The minimum absolute atomic E-state index is 0.0761. The molecule has 166 valence electrons. The molecule has 9 nitrogen and oxygen atoms in total. The largest absolute Gasteiger partial charge is 0.453 e. The maximum Gasteiger partial charge on any atom is 0.453 e. The number of aromatic nitrogens is 4. The average Bonchev–Trinajstić information content (AvgIpc) is 3.11. The molecule has 0 radical (unpaired) electrons. The molecule has 0 bridgehead atoms. The number of aliphatic hydroxyl groups is 1. The number of halogens is 4. The van der Waals surface area contributed by atoms with Gasteiger partial charge in [0.1, 0.15) is 0 Å². The molecule has 0 spiro atoms. The SMILES string of the molecule is CCS(=O)(=O)CC(O)(C(=O)Nc1ccc2nnc(C(F)(F)F)n2n1)c1ccc(Cl)cc1. The molecular weight excluding hydrogens is 463 g/mol. The van der Waals surface area contributed by atoms with Gasteiger partial charge in [-0.2, -0.15) is 17.7 Å². The fraction of sp³-hybridized carbons (Fsp3) is 0.294. The van der Waals surface area contributed by atoms with Crippen LogP contribution in [0, 0.1) is 0 Å². The molecular formula is C17H15ClF3N5O4S. The molecule has 0 saturated carbocycles. The van der Waals surface area contributed by atoms with E-state index in [0.29, 0.717) is 4.52 Å². The van der Waals surface area contributed by atoms with Crippen LogP contribution >= 0.6 is 11.6 Å². The molecule has 3 aromatic rings. The summed E-state index contributed by atoms with van der Waals surface area (Å²) < 4.78 is 63.9. The summed E-state index contributed by atoms with van der Waals surface area (Å²) in [6, 6.07) is 7.50. The molecule has 1 aromatic carbocycles. The third-order valence-electron chi connectivity index (χ3n) is 4.32. The van der Waals surface area contributed by atoms with Crippen molar-refractivity contribution in [3.63, 3.8) is 0 Å². The van der Waals surface area contributed by atoms with Gasteiger partial charge in [0.25, 0.3) is 11.7 Å². The van der Waals surface area contributed by atoms with Crippen molar-refractivity contribution in [3.8, 4) is 0 Å². The molecule has 1 amide bonds. The third-order valence-corrected chi connectivity index (χ3v) is 6.31. The number of alkyl halides is 3. The first kappa shape index (κ1) is 22.9. The topological polar surface area (TPSA) is 127 Å². The normalized spacial score (nSPS) is 14.4. The molecule has 0 aliphatic carbocycles. The lowest BCUT2D eigenvalue weighted by Gasteiger charge is -2.27. The second kappa shape index (κ2) is 8.05. The lowest BCUT2D eigenvalue weighted by molar-refractivity contribution is -0.146. The maximum absolute atomic E-state index is 13.0. The number of sulfone groups is 1. The van der Waals surface area contributed by atoms with Gasteiger partial charge in [0, 0.05) is 10.8 Å². The fourth-order valence-corrected chi connectivity index (χ4v) is 3.94. The zero-order chi connectivity index (χ0) is 23.0. The molecule has 1 unspecified atom stereocenters. The Labute approximate surface area is 178 Å². The van der Waals surface area contributed by atoms with Crippen LogP contribution in [0.1, 0.15) is 18.3 Å². The van der Waals surface area contributed by atoms with Crippen LogP contribution in [0.5, 0.6) is 0 Å². The van der Waals surface area contributed by atoms with Crippen molar-refractivity contribution in [1.82, 2.24) is 19.8 Å². The van der Waals surface area contributed by atoms with E-state index in [-0.39, 0.29) is 27.8 Å². The first-order valence-electron chi connectivity index (χ1n) is 8.66. The van der Waals surface area contributed by atoms with Crippen molar-refractivity contribution < 1.29 is 31.5 Å². The standard InChI is InChI=1S/C17H15ClF3N5O4S/c1-2-31(29,30)9-16(28,10-3-5-11(18)6-4-10)15(27)22-12-7-8-13-23-24-14(17(19,20)21)26(13)25-12/h3-8,28H,2,9H2,1H3,(H,22,25,27). The van der Waals surface area contributed by atoms with Crippen molar-refractivity contribution >= 4 is 38.8 Å². The summed E-state index contributed by atoms with van der Waals surface area (Å²) in [6.45, 7) is 1.34. The van der Waals surface area contributed by atoms with Crippen LogP contribution in [0.15, 0.2) is 36.4 Å². The van der Waals surface area contributed by atoms with E-state index in [1.165, 1.54) is 31.2 Å². The van der Waals surface area contributed by atoms with Crippen LogP contribution in [0.3, 0.4) is 0 Å². The van der Waals surface area contributed by atoms with Crippen LogP contribution in [0.4, 0.5) is 19.0 Å². The summed E-state index contributed by atoms with van der Waals surface area (Å²) >= 11 is 5.81. The quantitative estimate of drug-likeness (QED) is 0.556. The van der Waals surface area contributed by atoms with E-state index >= 15 is 0 Å². The Morgan fingerprint density at radius 1 is 1.16 bits per heavy atom. The Morgan fingerprint density at radius 3 is 2.39 bits per heavy atom. The summed E-state index contributed by atoms with van der Waals surface area (Å²) in [7, 11) is -3.86. The molecule has 0 aliphatic rings. The van der Waals surface area contributed by atoms with E-state index in [1.807, 2.05) is 0 Å². The van der Waals surface area contributed by atoms with E-state index in [1.54, 1.807) is 0 Å². The Kier molecular flexibility index (Phi) is 5.95. The van der Waals surface area contributed by atoms with E-state index in [4.69, 9.17) is 11.6 Å². The number of amides is 1. The zero-order valence-electron chi connectivity index (χ0n) is 15.8. The molecule has 1 atom stereocenters. The highest BCUT2D eigenvalue weighted by Crippen LogP contribution is 2.29. The molecule has 3 rings (SSSR count). The van der Waals surface area contributed by atoms with Gasteiger partial charge in [-0.05, 0) is 29.8 Å². The van der Waals surface area contributed by atoms with Gasteiger partial charge in [0.05, 0.1) is 5.75 Å². The van der Waals surface area contributed by atoms with Gasteiger partial charge in [0.15, 0.2) is 26.9 Å². The predicted octanol–water partition coefficient (Wildman–Crippen LogP) is 2.06.